The monoisotopic (exact) mass is 230 g/mol. The molecule has 1 aromatic carbocycles. The fourth-order valence-electron chi connectivity index (χ4n) is 2.41. The Hall–Kier alpha value is -1.37. The summed E-state index contributed by atoms with van der Waals surface area (Å²) in [6.45, 7) is 4.49. The second-order valence-electron chi connectivity index (χ2n) is 4.74. The van der Waals surface area contributed by atoms with Gasteiger partial charge in [-0.25, -0.2) is 0 Å². The van der Waals surface area contributed by atoms with Crippen LogP contribution in [0.3, 0.4) is 0 Å². The summed E-state index contributed by atoms with van der Waals surface area (Å²) in [6.07, 6.45) is 1.08. The summed E-state index contributed by atoms with van der Waals surface area (Å²) < 4.78 is 0. The van der Waals surface area contributed by atoms with Crippen LogP contribution in [0.1, 0.15) is 30.5 Å². The molecule has 0 aliphatic carbocycles. The van der Waals surface area contributed by atoms with Gasteiger partial charge in [0, 0.05) is 19.2 Å². The van der Waals surface area contributed by atoms with Gasteiger partial charge >= 0.3 is 0 Å². The van der Waals surface area contributed by atoms with Crippen molar-refractivity contribution in [1.82, 2.24) is 4.90 Å². The van der Waals surface area contributed by atoms with Crippen LogP contribution in [0.5, 0.6) is 0 Å². The summed E-state index contributed by atoms with van der Waals surface area (Å²) in [4.78, 5) is 2.39. The van der Waals surface area contributed by atoms with E-state index in [0.717, 1.165) is 19.5 Å². The molecule has 0 radical (unpaired) electrons. The highest BCUT2D eigenvalue weighted by molar-refractivity contribution is 5.32. The molecule has 1 aliphatic rings. The zero-order valence-electron chi connectivity index (χ0n) is 10.1. The molecule has 0 spiro atoms. The Morgan fingerprint density at radius 1 is 1.47 bits per heavy atom. The third-order valence-corrected chi connectivity index (χ3v) is 3.65. The van der Waals surface area contributed by atoms with Crippen molar-refractivity contribution in [2.24, 2.45) is 5.92 Å². The lowest BCUT2D eigenvalue weighted by molar-refractivity contribution is 0.204. The number of aliphatic hydroxyl groups excluding tert-OH is 1. The highest BCUT2D eigenvalue weighted by atomic mass is 16.3. The molecule has 1 N–H and O–H groups in total. The summed E-state index contributed by atoms with van der Waals surface area (Å²) in [7, 11) is 0. The number of rotatable bonds is 3. The molecule has 0 saturated carbocycles. The van der Waals surface area contributed by atoms with E-state index in [4.69, 9.17) is 10.4 Å². The van der Waals surface area contributed by atoms with Crippen LogP contribution in [-0.2, 0) is 0 Å². The lowest BCUT2D eigenvalue weighted by Gasteiger charge is -2.24. The van der Waals surface area contributed by atoms with E-state index in [1.165, 1.54) is 5.56 Å². The Balaban J connectivity index is 2.04. The standard InChI is InChI=1S/C14H18N2O/c1-11(16-7-6-13(9-16)10-17)14-4-2-12(8-15)3-5-14/h2-5,11,13,17H,6-7,9-10H2,1H3. The second kappa shape index (κ2) is 5.31. The first kappa shape index (κ1) is 12.1. The number of benzene rings is 1. The van der Waals surface area contributed by atoms with Crippen LogP contribution >= 0.6 is 0 Å². The molecular weight excluding hydrogens is 212 g/mol. The van der Waals surface area contributed by atoms with Gasteiger partial charge < -0.3 is 5.11 Å². The third kappa shape index (κ3) is 2.66. The summed E-state index contributed by atoms with van der Waals surface area (Å²) >= 11 is 0. The first-order valence-corrected chi connectivity index (χ1v) is 6.09. The van der Waals surface area contributed by atoms with Gasteiger partial charge in [0.2, 0.25) is 0 Å². The number of hydrogen-bond donors (Lipinski definition) is 1. The van der Waals surface area contributed by atoms with Crippen LogP contribution in [0.15, 0.2) is 24.3 Å². The molecule has 3 nitrogen and oxygen atoms in total. The van der Waals surface area contributed by atoms with Crippen molar-refractivity contribution in [2.45, 2.75) is 19.4 Å². The van der Waals surface area contributed by atoms with Gasteiger partial charge in [-0.05, 0) is 43.5 Å². The normalized spacial score (nSPS) is 22.3. The van der Waals surface area contributed by atoms with Gasteiger partial charge in [0.05, 0.1) is 11.6 Å². The van der Waals surface area contributed by atoms with Crippen molar-refractivity contribution >= 4 is 0 Å². The largest absolute Gasteiger partial charge is 0.396 e. The number of nitriles is 1. The van der Waals surface area contributed by atoms with Crippen molar-refractivity contribution in [1.29, 1.82) is 5.26 Å². The average molecular weight is 230 g/mol. The molecule has 0 amide bonds. The van der Waals surface area contributed by atoms with Crippen molar-refractivity contribution in [2.75, 3.05) is 19.7 Å². The van der Waals surface area contributed by atoms with E-state index < -0.39 is 0 Å². The number of likely N-dealkylation sites (tertiary alicyclic amines) is 1. The van der Waals surface area contributed by atoms with Crippen LogP contribution in [0, 0.1) is 17.2 Å². The Labute approximate surface area is 102 Å². The van der Waals surface area contributed by atoms with Crippen molar-refractivity contribution in [3.05, 3.63) is 35.4 Å². The van der Waals surface area contributed by atoms with Gasteiger partial charge in [-0.15, -0.1) is 0 Å². The molecule has 1 saturated heterocycles. The lowest BCUT2D eigenvalue weighted by Crippen LogP contribution is -2.25. The first-order chi connectivity index (χ1) is 8.24. The quantitative estimate of drug-likeness (QED) is 0.863. The minimum absolute atomic E-state index is 0.288. The van der Waals surface area contributed by atoms with Crippen LogP contribution in [0.25, 0.3) is 0 Å². The molecule has 2 atom stereocenters. The number of aliphatic hydroxyl groups is 1. The summed E-state index contributed by atoms with van der Waals surface area (Å²) in [6, 6.07) is 10.3. The first-order valence-electron chi connectivity index (χ1n) is 6.09. The van der Waals surface area contributed by atoms with Gasteiger partial charge in [0.1, 0.15) is 0 Å². The Bertz CT molecular complexity index is 407. The number of hydrogen-bond acceptors (Lipinski definition) is 3. The maximum atomic E-state index is 9.14. The molecule has 1 aliphatic heterocycles. The molecule has 1 fully saturated rings. The van der Waals surface area contributed by atoms with Crippen LogP contribution in [-0.4, -0.2) is 29.7 Å². The van der Waals surface area contributed by atoms with Gasteiger partial charge in [-0.3, -0.25) is 4.90 Å². The Kier molecular flexibility index (Phi) is 3.78. The highest BCUT2D eigenvalue weighted by Gasteiger charge is 2.25. The smallest absolute Gasteiger partial charge is 0.0991 e. The molecule has 0 bridgehead atoms. The van der Waals surface area contributed by atoms with Crippen molar-refractivity contribution < 1.29 is 5.11 Å². The molecular formula is C14H18N2O. The molecule has 90 valence electrons. The van der Waals surface area contributed by atoms with Crippen molar-refractivity contribution in [3.8, 4) is 6.07 Å². The zero-order valence-corrected chi connectivity index (χ0v) is 10.1. The average Bonchev–Trinajstić information content (AvgIpc) is 2.87. The van der Waals surface area contributed by atoms with Crippen molar-refractivity contribution in [3.63, 3.8) is 0 Å². The van der Waals surface area contributed by atoms with Crippen LogP contribution in [0.2, 0.25) is 0 Å². The molecule has 0 aromatic heterocycles. The van der Waals surface area contributed by atoms with Crippen LogP contribution < -0.4 is 0 Å². The summed E-state index contributed by atoms with van der Waals surface area (Å²) in [5.41, 5.74) is 1.94. The second-order valence-corrected chi connectivity index (χ2v) is 4.74. The molecule has 2 rings (SSSR count). The SMILES string of the molecule is CC(c1ccc(C#N)cc1)N1CCC(CO)C1. The molecule has 3 heteroatoms. The van der Waals surface area contributed by atoms with Gasteiger partial charge in [-0.1, -0.05) is 12.1 Å². The minimum Gasteiger partial charge on any atom is -0.396 e. The van der Waals surface area contributed by atoms with E-state index in [2.05, 4.69) is 17.9 Å². The zero-order chi connectivity index (χ0) is 12.3. The highest BCUT2D eigenvalue weighted by Crippen LogP contribution is 2.27. The fraction of sp³-hybridized carbons (Fsp3) is 0.500. The predicted octanol–water partition coefficient (Wildman–Crippen LogP) is 1.93. The maximum absolute atomic E-state index is 9.14. The fourth-order valence-corrected chi connectivity index (χ4v) is 2.41. The van der Waals surface area contributed by atoms with Crippen LogP contribution in [0.4, 0.5) is 0 Å². The number of nitrogens with zero attached hydrogens (tertiary/aromatic N) is 2. The Morgan fingerprint density at radius 3 is 2.71 bits per heavy atom. The van der Waals surface area contributed by atoms with E-state index >= 15 is 0 Å². The van der Waals surface area contributed by atoms with E-state index in [1.54, 1.807) is 0 Å². The third-order valence-electron chi connectivity index (χ3n) is 3.65. The van der Waals surface area contributed by atoms with E-state index in [1.807, 2.05) is 24.3 Å². The summed E-state index contributed by atoms with van der Waals surface area (Å²) in [5, 5.41) is 17.9. The lowest BCUT2D eigenvalue weighted by atomic mass is 10.1. The minimum atomic E-state index is 0.288. The van der Waals surface area contributed by atoms with E-state index in [-0.39, 0.29) is 6.61 Å². The van der Waals surface area contributed by atoms with Gasteiger partial charge in [0.25, 0.3) is 0 Å². The predicted molar refractivity (Wildman–Crippen MR) is 66.3 cm³/mol. The van der Waals surface area contributed by atoms with E-state index in [9.17, 15) is 0 Å². The van der Waals surface area contributed by atoms with Gasteiger partial charge in [-0.2, -0.15) is 5.26 Å². The molecule has 2 unspecified atom stereocenters. The van der Waals surface area contributed by atoms with E-state index in [0.29, 0.717) is 17.5 Å². The Morgan fingerprint density at radius 2 is 2.18 bits per heavy atom. The molecule has 1 heterocycles. The topological polar surface area (TPSA) is 47.3 Å². The van der Waals surface area contributed by atoms with Gasteiger partial charge in [0.15, 0.2) is 0 Å². The molecule has 1 aromatic rings. The maximum Gasteiger partial charge on any atom is 0.0991 e. The summed E-state index contributed by atoms with van der Waals surface area (Å²) in [5.74, 6) is 0.427. The molecule has 17 heavy (non-hydrogen) atoms.